The summed E-state index contributed by atoms with van der Waals surface area (Å²) in [6.45, 7) is 8.06. The number of aldehydes is 2. The summed E-state index contributed by atoms with van der Waals surface area (Å²) in [5.41, 5.74) is 4.97. The van der Waals surface area contributed by atoms with Gasteiger partial charge >= 0.3 is 6.09 Å². The van der Waals surface area contributed by atoms with Crippen LogP contribution in [-0.2, 0) is 29.3 Å². The number of carbonyl (C=O) groups is 5. The van der Waals surface area contributed by atoms with Gasteiger partial charge in [0, 0.05) is 37.8 Å². The smallest absolute Gasteiger partial charge is 0.408 e. The van der Waals surface area contributed by atoms with Gasteiger partial charge in [0.2, 0.25) is 11.8 Å². The number of alkyl carbamates (subject to hydrolysis) is 1. The number of rotatable bonds is 12. The van der Waals surface area contributed by atoms with E-state index in [1.54, 1.807) is 20.8 Å². The fourth-order valence-electron chi connectivity index (χ4n) is 5.39. The van der Waals surface area contributed by atoms with Gasteiger partial charge in [0.25, 0.3) is 0 Å². The van der Waals surface area contributed by atoms with Gasteiger partial charge in [-0.3, -0.25) is 14.5 Å². The lowest BCUT2D eigenvalue weighted by atomic mass is 9.79. The molecule has 11 nitrogen and oxygen atoms in total. The number of halogens is 1. The highest BCUT2D eigenvalue weighted by molar-refractivity contribution is 6.07. The van der Waals surface area contributed by atoms with Crippen LogP contribution in [0.4, 0.5) is 14.9 Å². The van der Waals surface area contributed by atoms with Crippen LogP contribution in [0, 0.1) is 17.7 Å². The van der Waals surface area contributed by atoms with Crippen LogP contribution in [0.5, 0.6) is 0 Å². The zero-order valence-corrected chi connectivity index (χ0v) is 22.8. The van der Waals surface area contributed by atoms with Gasteiger partial charge in [-0.1, -0.05) is 6.92 Å². The number of nitrogens with one attached hydrogen (secondary N) is 3. The molecule has 5 atom stereocenters. The third-order valence-corrected chi connectivity index (χ3v) is 7.04. The van der Waals surface area contributed by atoms with Crippen LogP contribution in [0.3, 0.4) is 0 Å². The van der Waals surface area contributed by atoms with E-state index in [-0.39, 0.29) is 37.9 Å². The van der Waals surface area contributed by atoms with Crippen LogP contribution in [0.2, 0.25) is 0 Å². The molecule has 3 rings (SSSR count). The second kappa shape index (κ2) is 12.2. The molecule has 0 saturated carbocycles. The van der Waals surface area contributed by atoms with Gasteiger partial charge in [-0.15, -0.1) is 0 Å². The van der Waals surface area contributed by atoms with E-state index in [1.807, 2.05) is 11.8 Å². The zero-order valence-electron chi connectivity index (χ0n) is 22.8. The summed E-state index contributed by atoms with van der Waals surface area (Å²) in [4.78, 5) is 62.2. The third kappa shape index (κ3) is 7.39. The third-order valence-electron chi connectivity index (χ3n) is 7.04. The Hall–Kier alpha value is -3.38. The van der Waals surface area contributed by atoms with Crippen molar-refractivity contribution in [2.45, 2.75) is 63.6 Å². The van der Waals surface area contributed by atoms with E-state index >= 15 is 0 Å². The normalized spacial score (nSPS) is 23.0. The molecule has 1 aromatic carbocycles. The Labute approximate surface area is 227 Å². The van der Waals surface area contributed by atoms with E-state index in [0.717, 1.165) is 6.29 Å². The SMILES string of the molecule is CC(C[C@H](C=O)CNCC(C=O)NC(=O)OC(C)(C)C)CN1C[C@]2(C[C@H]1C(N)=O)C(=O)Nc1ccc(F)cc12. The number of anilines is 1. The summed E-state index contributed by atoms with van der Waals surface area (Å²) in [5, 5.41) is 8.30. The van der Waals surface area contributed by atoms with Crippen LogP contribution in [0.15, 0.2) is 18.2 Å². The molecule has 1 fully saturated rings. The van der Waals surface area contributed by atoms with Crippen LogP contribution in [-0.4, -0.2) is 79.2 Å². The van der Waals surface area contributed by atoms with E-state index in [9.17, 15) is 28.4 Å². The number of amides is 3. The zero-order chi connectivity index (χ0) is 29.0. The summed E-state index contributed by atoms with van der Waals surface area (Å²) in [5.74, 6) is -1.78. The van der Waals surface area contributed by atoms with E-state index in [1.165, 1.54) is 18.2 Å². The molecule has 1 saturated heterocycles. The van der Waals surface area contributed by atoms with Crippen LogP contribution in [0.1, 0.15) is 46.1 Å². The topological polar surface area (TPSA) is 160 Å². The van der Waals surface area contributed by atoms with Crippen LogP contribution >= 0.6 is 0 Å². The van der Waals surface area contributed by atoms with E-state index < -0.39 is 46.8 Å². The minimum atomic E-state index is -1.08. The van der Waals surface area contributed by atoms with E-state index in [0.29, 0.717) is 30.5 Å². The van der Waals surface area contributed by atoms with Crippen molar-refractivity contribution in [2.75, 3.05) is 31.5 Å². The first-order chi connectivity index (χ1) is 18.3. The first kappa shape index (κ1) is 30.2. The van der Waals surface area contributed by atoms with Crippen molar-refractivity contribution < 1.29 is 33.1 Å². The van der Waals surface area contributed by atoms with E-state index in [2.05, 4.69) is 16.0 Å². The molecule has 0 aromatic heterocycles. The largest absolute Gasteiger partial charge is 0.444 e. The second-order valence-corrected chi connectivity index (χ2v) is 11.6. The average Bonchev–Trinajstić information content (AvgIpc) is 3.34. The lowest BCUT2D eigenvalue weighted by Gasteiger charge is -2.27. The highest BCUT2D eigenvalue weighted by Crippen LogP contribution is 2.46. The molecule has 2 heterocycles. The first-order valence-corrected chi connectivity index (χ1v) is 13.0. The maximum Gasteiger partial charge on any atom is 0.408 e. The fraction of sp³-hybridized carbons (Fsp3) is 0.593. The van der Waals surface area contributed by atoms with Gasteiger partial charge in [-0.05, 0) is 63.3 Å². The Balaban J connectivity index is 1.57. The summed E-state index contributed by atoms with van der Waals surface area (Å²) >= 11 is 0. The molecule has 2 aliphatic rings. The molecule has 0 bridgehead atoms. The Kier molecular flexibility index (Phi) is 9.44. The number of carbonyl (C=O) groups excluding carboxylic acids is 5. The number of hydrogen-bond acceptors (Lipinski definition) is 8. The predicted molar refractivity (Wildman–Crippen MR) is 141 cm³/mol. The monoisotopic (exact) mass is 547 g/mol. The maximum atomic E-state index is 14.0. The van der Waals surface area contributed by atoms with Crippen molar-refractivity contribution >= 4 is 36.2 Å². The molecule has 0 aliphatic carbocycles. The van der Waals surface area contributed by atoms with Crippen LogP contribution in [0.25, 0.3) is 0 Å². The number of ether oxygens (including phenoxy) is 1. The van der Waals surface area contributed by atoms with Gasteiger partial charge in [-0.2, -0.15) is 0 Å². The van der Waals surface area contributed by atoms with Gasteiger partial charge in [-0.25, -0.2) is 9.18 Å². The molecule has 1 aromatic rings. The van der Waals surface area contributed by atoms with E-state index in [4.69, 9.17) is 10.5 Å². The Morgan fingerprint density at radius 3 is 2.62 bits per heavy atom. The number of primary amides is 1. The Bertz CT molecular complexity index is 1110. The number of hydrogen-bond donors (Lipinski definition) is 4. The standard InChI is InChI=1S/C27H38FN5O6/c1-16(7-17(13-34)10-30-11-19(14-35)31-25(38)39-26(2,3)4)12-33-15-27(9-22(33)23(29)36)20-8-18(28)5-6-21(20)32-24(27)37/h5-6,8,13-14,16-17,19,22,30H,7,9-12,15H2,1-4H3,(H2,29,36)(H,31,38)(H,32,37)/t16?,17-,19?,22-,27-/m0/s1. The number of likely N-dealkylation sites (tertiary alicyclic amines) is 1. The fourth-order valence-corrected chi connectivity index (χ4v) is 5.39. The lowest BCUT2D eigenvalue weighted by molar-refractivity contribution is -0.122. The van der Waals surface area contributed by atoms with Crippen molar-refractivity contribution in [1.29, 1.82) is 0 Å². The minimum absolute atomic E-state index is 0.0581. The minimum Gasteiger partial charge on any atom is -0.444 e. The first-order valence-electron chi connectivity index (χ1n) is 13.0. The second-order valence-electron chi connectivity index (χ2n) is 11.6. The molecule has 5 N–H and O–H groups in total. The lowest BCUT2D eigenvalue weighted by Crippen LogP contribution is -2.46. The molecule has 39 heavy (non-hydrogen) atoms. The molecule has 0 radical (unpaired) electrons. The highest BCUT2D eigenvalue weighted by atomic mass is 19.1. The van der Waals surface area contributed by atoms with Crippen molar-refractivity contribution in [3.8, 4) is 0 Å². The van der Waals surface area contributed by atoms with Gasteiger partial charge in [0.05, 0.1) is 11.5 Å². The number of nitrogens with two attached hydrogens (primary N) is 1. The summed E-state index contributed by atoms with van der Waals surface area (Å²) in [6.07, 6.45) is 1.31. The molecule has 3 amide bonds. The quantitative estimate of drug-likeness (QED) is 0.283. The number of nitrogens with zero attached hydrogens (tertiary/aromatic N) is 1. The summed E-state index contributed by atoms with van der Waals surface area (Å²) in [7, 11) is 0. The van der Waals surface area contributed by atoms with Gasteiger partial charge in [0.15, 0.2) is 0 Å². The highest BCUT2D eigenvalue weighted by Gasteiger charge is 2.56. The maximum absolute atomic E-state index is 14.0. The molecule has 2 unspecified atom stereocenters. The predicted octanol–water partition coefficient (Wildman–Crippen LogP) is 1.10. The van der Waals surface area contributed by atoms with Crippen LogP contribution < -0.4 is 21.7 Å². The number of fused-ring (bicyclic) bond motifs is 2. The van der Waals surface area contributed by atoms with Crippen molar-refractivity contribution in [1.82, 2.24) is 15.5 Å². The molecule has 214 valence electrons. The molecule has 12 heteroatoms. The summed E-state index contributed by atoms with van der Waals surface area (Å²) < 4.78 is 19.2. The average molecular weight is 548 g/mol. The van der Waals surface area contributed by atoms with Gasteiger partial charge < -0.3 is 36.0 Å². The number of benzene rings is 1. The van der Waals surface area contributed by atoms with Crippen molar-refractivity contribution in [3.63, 3.8) is 0 Å². The molecular formula is C27H38FN5O6. The van der Waals surface area contributed by atoms with Crippen molar-refractivity contribution in [3.05, 3.63) is 29.6 Å². The molecule has 2 aliphatic heterocycles. The molecular weight excluding hydrogens is 509 g/mol. The van der Waals surface area contributed by atoms with Crippen molar-refractivity contribution in [2.24, 2.45) is 17.6 Å². The molecule has 1 spiro atoms. The Morgan fingerprint density at radius 1 is 1.28 bits per heavy atom. The Morgan fingerprint density at radius 2 is 2.00 bits per heavy atom. The summed E-state index contributed by atoms with van der Waals surface area (Å²) in [6, 6.07) is 2.58. The van der Waals surface area contributed by atoms with Gasteiger partial charge in [0.1, 0.15) is 30.0 Å².